The van der Waals surface area contributed by atoms with Gasteiger partial charge in [-0.25, -0.2) is 4.79 Å². The van der Waals surface area contributed by atoms with E-state index in [1.165, 1.54) is 6.92 Å². The molecule has 110 valence electrons. The van der Waals surface area contributed by atoms with Crippen molar-refractivity contribution in [1.82, 2.24) is 5.32 Å². The molecular weight excluding hydrogens is 278 g/mol. The van der Waals surface area contributed by atoms with E-state index < -0.39 is 0 Å². The SMILES string of the molecule is CC(=O)Nc1ccc(NC(=O)NCCC(C)C)c(Cl)c1. The van der Waals surface area contributed by atoms with E-state index in [1.807, 2.05) is 0 Å². The van der Waals surface area contributed by atoms with Crippen LogP contribution in [0.3, 0.4) is 0 Å². The minimum atomic E-state index is -0.292. The number of anilines is 2. The van der Waals surface area contributed by atoms with Crippen molar-refractivity contribution >= 4 is 34.9 Å². The second kappa shape index (κ2) is 7.75. The monoisotopic (exact) mass is 297 g/mol. The van der Waals surface area contributed by atoms with Crippen LogP contribution in [0.25, 0.3) is 0 Å². The van der Waals surface area contributed by atoms with Crippen LogP contribution in [0, 0.1) is 5.92 Å². The molecule has 1 aromatic carbocycles. The topological polar surface area (TPSA) is 70.2 Å². The highest BCUT2D eigenvalue weighted by molar-refractivity contribution is 6.34. The number of benzene rings is 1. The van der Waals surface area contributed by atoms with Gasteiger partial charge in [-0.15, -0.1) is 0 Å². The molecular formula is C14H20ClN3O2. The zero-order valence-electron chi connectivity index (χ0n) is 11.9. The van der Waals surface area contributed by atoms with E-state index >= 15 is 0 Å². The van der Waals surface area contributed by atoms with E-state index in [4.69, 9.17) is 11.6 Å². The van der Waals surface area contributed by atoms with Gasteiger partial charge in [0.1, 0.15) is 0 Å². The van der Waals surface area contributed by atoms with Crippen LogP contribution in [0.4, 0.5) is 16.2 Å². The molecule has 1 aromatic rings. The van der Waals surface area contributed by atoms with Gasteiger partial charge >= 0.3 is 6.03 Å². The molecule has 6 heteroatoms. The number of halogens is 1. The minimum Gasteiger partial charge on any atom is -0.338 e. The first-order chi connectivity index (χ1) is 9.38. The number of hydrogen-bond acceptors (Lipinski definition) is 2. The highest BCUT2D eigenvalue weighted by Gasteiger charge is 2.07. The molecule has 1 rings (SSSR count). The highest BCUT2D eigenvalue weighted by atomic mass is 35.5. The van der Waals surface area contributed by atoms with Crippen molar-refractivity contribution in [2.75, 3.05) is 17.2 Å². The summed E-state index contributed by atoms with van der Waals surface area (Å²) in [6.07, 6.45) is 0.919. The van der Waals surface area contributed by atoms with E-state index in [1.54, 1.807) is 18.2 Å². The van der Waals surface area contributed by atoms with Crippen molar-refractivity contribution in [2.24, 2.45) is 5.92 Å². The quantitative estimate of drug-likeness (QED) is 0.779. The number of hydrogen-bond donors (Lipinski definition) is 3. The Labute approximate surface area is 124 Å². The number of urea groups is 1. The van der Waals surface area contributed by atoms with Gasteiger partial charge in [-0.2, -0.15) is 0 Å². The number of nitrogens with one attached hydrogen (secondary N) is 3. The Morgan fingerprint density at radius 2 is 1.95 bits per heavy atom. The molecule has 0 aliphatic rings. The first kappa shape index (κ1) is 16.3. The smallest absolute Gasteiger partial charge is 0.319 e. The van der Waals surface area contributed by atoms with Crippen LogP contribution in [0.1, 0.15) is 27.2 Å². The fraction of sp³-hybridized carbons (Fsp3) is 0.429. The van der Waals surface area contributed by atoms with Gasteiger partial charge in [-0.1, -0.05) is 25.4 Å². The second-order valence-electron chi connectivity index (χ2n) is 4.94. The Morgan fingerprint density at radius 1 is 1.25 bits per heavy atom. The molecule has 0 radical (unpaired) electrons. The van der Waals surface area contributed by atoms with Crippen LogP contribution in [0.2, 0.25) is 5.02 Å². The van der Waals surface area contributed by atoms with Gasteiger partial charge in [0, 0.05) is 19.2 Å². The van der Waals surface area contributed by atoms with Crippen molar-refractivity contribution in [3.8, 4) is 0 Å². The summed E-state index contributed by atoms with van der Waals surface area (Å²) in [4.78, 5) is 22.6. The third-order valence-electron chi connectivity index (χ3n) is 2.54. The Kier molecular flexibility index (Phi) is 6.31. The third kappa shape index (κ3) is 5.93. The van der Waals surface area contributed by atoms with E-state index in [0.29, 0.717) is 28.9 Å². The zero-order valence-corrected chi connectivity index (χ0v) is 12.7. The molecule has 0 saturated heterocycles. The van der Waals surface area contributed by atoms with Crippen molar-refractivity contribution < 1.29 is 9.59 Å². The molecule has 0 aromatic heterocycles. The van der Waals surface area contributed by atoms with Crippen LogP contribution in [0.15, 0.2) is 18.2 Å². The fourth-order valence-electron chi connectivity index (χ4n) is 1.54. The maximum Gasteiger partial charge on any atom is 0.319 e. The maximum atomic E-state index is 11.7. The summed E-state index contributed by atoms with van der Waals surface area (Å²) < 4.78 is 0. The molecule has 0 heterocycles. The summed E-state index contributed by atoms with van der Waals surface area (Å²) in [5, 5.41) is 8.42. The summed E-state index contributed by atoms with van der Waals surface area (Å²) in [6.45, 7) is 6.22. The van der Waals surface area contributed by atoms with Crippen molar-refractivity contribution in [3.05, 3.63) is 23.2 Å². The lowest BCUT2D eigenvalue weighted by Crippen LogP contribution is -2.30. The molecule has 3 amide bonds. The molecule has 0 aliphatic heterocycles. The lowest BCUT2D eigenvalue weighted by atomic mass is 10.1. The van der Waals surface area contributed by atoms with Gasteiger partial charge in [0.25, 0.3) is 0 Å². The van der Waals surface area contributed by atoms with Crippen LogP contribution in [-0.2, 0) is 4.79 Å². The number of rotatable bonds is 5. The van der Waals surface area contributed by atoms with E-state index in [9.17, 15) is 9.59 Å². The largest absolute Gasteiger partial charge is 0.338 e. The average molecular weight is 298 g/mol. The molecule has 20 heavy (non-hydrogen) atoms. The molecule has 0 atom stereocenters. The highest BCUT2D eigenvalue weighted by Crippen LogP contribution is 2.25. The molecule has 0 unspecified atom stereocenters. The van der Waals surface area contributed by atoms with E-state index in [2.05, 4.69) is 29.8 Å². The van der Waals surface area contributed by atoms with Crippen LogP contribution < -0.4 is 16.0 Å². The van der Waals surface area contributed by atoms with Crippen LogP contribution in [-0.4, -0.2) is 18.5 Å². The van der Waals surface area contributed by atoms with Crippen molar-refractivity contribution in [2.45, 2.75) is 27.2 Å². The predicted molar refractivity (Wildman–Crippen MR) is 82.2 cm³/mol. The fourth-order valence-corrected chi connectivity index (χ4v) is 1.77. The van der Waals surface area contributed by atoms with Crippen molar-refractivity contribution in [3.63, 3.8) is 0 Å². The van der Waals surface area contributed by atoms with Crippen LogP contribution in [0.5, 0.6) is 0 Å². The molecule has 5 nitrogen and oxygen atoms in total. The zero-order chi connectivity index (χ0) is 15.1. The van der Waals surface area contributed by atoms with Gasteiger partial charge in [0.05, 0.1) is 10.7 Å². The summed E-state index contributed by atoms with van der Waals surface area (Å²) in [5.41, 5.74) is 1.09. The summed E-state index contributed by atoms with van der Waals surface area (Å²) >= 11 is 6.05. The van der Waals surface area contributed by atoms with E-state index in [0.717, 1.165) is 6.42 Å². The normalized spacial score (nSPS) is 10.2. The summed E-state index contributed by atoms with van der Waals surface area (Å²) in [5.74, 6) is 0.365. The molecule has 0 saturated carbocycles. The molecule has 0 fully saturated rings. The maximum absolute atomic E-state index is 11.7. The first-order valence-electron chi connectivity index (χ1n) is 6.50. The Morgan fingerprint density at radius 3 is 2.50 bits per heavy atom. The van der Waals surface area contributed by atoms with Gasteiger partial charge in [0.15, 0.2) is 0 Å². The van der Waals surface area contributed by atoms with Gasteiger partial charge in [0.2, 0.25) is 5.91 Å². The van der Waals surface area contributed by atoms with Gasteiger partial charge in [-0.3, -0.25) is 4.79 Å². The van der Waals surface area contributed by atoms with E-state index in [-0.39, 0.29) is 11.9 Å². The number of carbonyl (C=O) groups excluding carboxylic acids is 2. The standard InChI is InChI=1S/C14H20ClN3O2/c1-9(2)6-7-16-14(20)18-13-5-4-11(8-12(13)15)17-10(3)19/h4-5,8-9H,6-7H2,1-3H3,(H,17,19)(H2,16,18,20). The minimum absolute atomic E-state index is 0.173. The Hall–Kier alpha value is -1.75. The second-order valence-corrected chi connectivity index (χ2v) is 5.35. The Balaban J connectivity index is 2.55. The molecule has 0 spiro atoms. The lowest BCUT2D eigenvalue weighted by Gasteiger charge is -2.11. The first-order valence-corrected chi connectivity index (χ1v) is 6.88. The lowest BCUT2D eigenvalue weighted by molar-refractivity contribution is -0.114. The molecule has 0 bridgehead atoms. The van der Waals surface area contributed by atoms with Crippen LogP contribution >= 0.6 is 11.6 Å². The van der Waals surface area contributed by atoms with Crippen molar-refractivity contribution in [1.29, 1.82) is 0 Å². The average Bonchev–Trinajstić information content (AvgIpc) is 2.31. The van der Waals surface area contributed by atoms with Gasteiger partial charge in [-0.05, 0) is 30.5 Å². The number of carbonyl (C=O) groups is 2. The summed E-state index contributed by atoms with van der Waals surface area (Å²) in [7, 11) is 0. The Bertz CT molecular complexity index is 489. The molecule has 3 N–H and O–H groups in total. The summed E-state index contributed by atoms with van der Waals surface area (Å²) in [6, 6.07) is 4.62. The van der Waals surface area contributed by atoms with Gasteiger partial charge < -0.3 is 16.0 Å². The number of amides is 3. The third-order valence-corrected chi connectivity index (χ3v) is 2.86. The molecule has 0 aliphatic carbocycles. The predicted octanol–water partition coefficient (Wildman–Crippen LogP) is 3.47.